The largest absolute Gasteiger partial charge is 0.386 e. The number of aliphatic hydroxyl groups is 1. The van der Waals surface area contributed by atoms with E-state index in [4.69, 9.17) is 0 Å². The molecule has 118 valence electrons. The van der Waals surface area contributed by atoms with Crippen molar-refractivity contribution in [3.05, 3.63) is 35.4 Å². The molecule has 0 aliphatic heterocycles. The van der Waals surface area contributed by atoms with Crippen LogP contribution in [0.4, 0.5) is 0 Å². The second-order valence-electron chi connectivity index (χ2n) is 6.58. The van der Waals surface area contributed by atoms with Crippen LogP contribution in [-0.2, 0) is 0 Å². The van der Waals surface area contributed by atoms with Crippen molar-refractivity contribution in [1.29, 1.82) is 0 Å². The molecule has 0 heterocycles. The van der Waals surface area contributed by atoms with Crippen LogP contribution in [0.5, 0.6) is 0 Å². The second kappa shape index (κ2) is 6.93. The average Bonchev–Trinajstić information content (AvgIpc) is 2.46. The molecular weight excluding hydrogens is 258 g/mol. The van der Waals surface area contributed by atoms with Gasteiger partial charge in [-0.3, -0.25) is 4.90 Å². The maximum absolute atomic E-state index is 10.9. The van der Waals surface area contributed by atoms with E-state index in [9.17, 15) is 5.11 Å². The highest BCUT2D eigenvalue weighted by Gasteiger charge is 2.36. The lowest BCUT2D eigenvalue weighted by Gasteiger charge is -2.43. The third-order valence-corrected chi connectivity index (χ3v) is 5.62. The summed E-state index contributed by atoms with van der Waals surface area (Å²) in [6.45, 7) is 10.6. The lowest BCUT2D eigenvalue weighted by Crippen LogP contribution is -2.50. The Bertz CT molecular complexity index is 433. The molecule has 0 aromatic heterocycles. The van der Waals surface area contributed by atoms with Gasteiger partial charge in [-0.25, -0.2) is 0 Å². The van der Waals surface area contributed by atoms with Crippen LogP contribution in [0, 0.1) is 0 Å². The zero-order chi connectivity index (χ0) is 15.5. The molecule has 1 saturated carbocycles. The van der Waals surface area contributed by atoms with Gasteiger partial charge < -0.3 is 5.11 Å². The van der Waals surface area contributed by atoms with E-state index in [1.54, 1.807) is 0 Å². The predicted molar refractivity (Wildman–Crippen MR) is 89.6 cm³/mol. The van der Waals surface area contributed by atoms with E-state index in [1.807, 2.05) is 0 Å². The molecule has 0 amide bonds. The van der Waals surface area contributed by atoms with E-state index < -0.39 is 6.10 Å². The van der Waals surface area contributed by atoms with Crippen LogP contribution >= 0.6 is 0 Å². The zero-order valence-electron chi connectivity index (χ0n) is 14.1. The zero-order valence-corrected chi connectivity index (χ0v) is 14.1. The van der Waals surface area contributed by atoms with Crippen molar-refractivity contribution in [3.8, 4) is 0 Å². The van der Waals surface area contributed by atoms with Crippen LogP contribution in [0.3, 0.4) is 0 Å². The van der Waals surface area contributed by atoms with Crippen LogP contribution in [0.15, 0.2) is 24.3 Å². The lowest BCUT2D eigenvalue weighted by molar-refractivity contribution is -0.0213. The third kappa shape index (κ3) is 3.17. The summed E-state index contributed by atoms with van der Waals surface area (Å²) in [5, 5.41) is 10.9. The average molecular weight is 289 g/mol. The topological polar surface area (TPSA) is 23.5 Å². The summed E-state index contributed by atoms with van der Waals surface area (Å²) < 4.78 is 0. The van der Waals surface area contributed by atoms with Gasteiger partial charge in [-0.1, -0.05) is 51.5 Å². The Labute approximate surface area is 130 Å². The van der Waals surface area contributed by atoms with E-state index in [0.29, 0.717) is 0 Å². The highest BCUT2D eigenvalue weighted by atomic mass is 16.3. The normalized spacial score (nSPS) is 20.1. The third-order valence-electron chi connectivity index (χ3n) is 5.62. The van der Waals surface area contributed by atoms with Gasteiger partial charge in [-0.2, -0.15) is 0 Å². The molecule has 1 aromatic carbocycles. The highest BCUT2D eigenvalue weighted by molar-refractivity contribution is 5.29. The van der Waals surface area contributed by atoms with Crippen molar-refractivity contribution in [3.63, 3.8) is 0 Å². The van der Waals surface area contributed by atoms with Crippen LogP contribution < -0.4 is 0 Å². The molecule has 1 aromatic rings. The van der Waals surface area contributed by atoms with Gasteiger partial charge in [0, 0.05) is 5.54 Å². The fraction of sp³-hybridized carbons (Fsp3) is 0.684. The first-order chi connectivity index (χ1) is 10.1. The van der Waals surface area contributed by atoms with Crippen molar-refractivity contribution < 1.29 is 5.11 Å². The Hall–Kier alpha value is -0.860. The maximum Gasteiger partial charge on any atom is 0.0970 e. The number of hydrogen-bond donors (Lipinski definition) is 1. The minimum Gasteiger partial charge on any atom is -0.386 e. The standard InChI is InChI=1S/C19H31NO/c1-5-19(4,20(6-2)7-3)18(21)17-13-11-16(12-14-17)15-9-8-10-15/h11-15,18,21H,5-10H2,1-4H3. The Balaban J connectivity index is 2.18. The fourth-order valence-corrected chi connectivity index (χ4v) is 3.59. The molecule has 2 rings (SSSR count). The molecule has 0 spiro atoms. The Morgan fingerprint density at radius 3 is 2.10 bits per heavy atom. The number of nitrogens with zero attached hydrogens (tertiary/aromatic N) is 1. The first kappa shape index (κ1) is 16.5. The number of aliphatic hydroxyl groups excluding tert-OH is 1. The second-order valence-corrected chi connectivity index (χ2v) is 6.58. The van der Waals surface area contributed by atoms with Gasteiger partial charge in [0.05, 0.1) is 6.10 Å². The minimum atomic E-state index is -0.433. The van der Waals surface area contributed by atoms with E-state index in [2.05, 4.69) is 56.9 Å². The first-order valence-corrected chi connectivity index (χ1v) is 8.59. The summed E-state index contributed by atoms with van der Waals surface area (Å²) in [4.78, 5) is 2.37. The minimum absolute atomic E-state index is 0.193. The van der Waals surface area contributed by atoms with Gasteiger partial charge in [0.25, 0.3) is 0 Å². The summed E-state index contributed by atoms with van der Waals surface area (Å²) in [5.74, 6) is 0.761. The van der Waals surface area contributed by atoms with Gasteiger partial charge in [0.1, 0.15) is 0 Å². The van der Waals surface area contributed by atoms with Gasteiger partial charge >= 0.3 is 0 Å². The maximum atomic E-state index is 10.9. The highest BCUT2D eigenvalue weighted by Crippen LogP contribution is 2.38. The van der Waals surface area contributed by atoms with Gasteiger partial charge in [0.15, 0.2) is 0 Å². The number of likely N-dealkylation sites (N-methyl/N-ethyl adjacent to an activating group) is 1. The van der Waals surface area contributed by atoms with E-state index in [0.717, 1.165) is 31.0 Å². The molecule has 2 nitrogen and oxygen atoms in total. The molecule has 2 unspecified atom stereocenters. The molecule has 1 fully saturated rings. The van der Waals surface area contributed by atoms with Crippen LogP contribution in [0.1, 0.15) is 76.5 Å². The number of benzene rings is 1. The van der Waals surface area contributed by atoms with E-state index in [-0.39, 0.29) is 5.54 Å². The fourth-order valence-electron chi connectivity index (χ4n) is 3.59. The number of hydrogen-bond acceptors (Lipinski definition) is 2. The molecule has 1 N–H and O–H groups in total. The SMILES string of the molecule is CCN(CC)C(C)(CC)C(O)c1ccc(C2CCC2)cc1. The molecule has 2 heteroatoms. The Morgan fingerprint density at radius 1 is 1.14 bits per heavy atom. The van der Waals surface area contributed by atoms with Crippen molar-refractivity contribution in [2.75, 3.05) is 13.1 Å². The molecular formula is C19H31NO. The summed E-state index contributed by atoms with van der Waals surface area (Å²) >= 11 is 0. The van der Waals surface area contributed by atoms with Crippen molar-refractivity contribution in [2.45, 2.75) is 70.9 Å². The van der Waals surface area contributed by atoms with Gasteiger partial charge in [0.2, 0.25) is 0 Å². The molecule has 0 bridgehead atoms. The smallest absolute Gasteiger partial charge is 0.0970 e. The Kier molecular flexibility index (Phi) is 5.45. The quantitative estimate of drug-likeness (QED) is 0.799. The molecule has 1 aliphatic rings. The molecule has 0 radical (unpaired) electrons. The monoisotopic (exact) mass is 289 g/mol. The van der Waals surface area contributed by atoms with Crippen LogP contribution in [-0.4, -0.2) is 28.6 Å². The summed E-state index contributed by atoms with van der Waals surface area (Å²) in [6.07, 6.45) is 4.53. The van der Waals surface area contributed by atoms with Crippen molar-refractivity contribution >= 4 is 0 Å². The van der Waals surface area contributed by atoms with Gasteiger partial charge in [-0.15, -0.1) is 0 Å². The summed E-state index contributed by atoms with van der Waals surface area (Å²) in [5.41, 5.74) is 2.30. The molecule has 0 saturated heterocycles. The van der Waals surface area contributed by atoms with E-state index >= 15 is 0 Å². The first-order valence-electron chi connectivity index (χ1n) is 8.59. The lowest BCUT2D eigenvalue weighted by atomic mass is 9.79. The van der Waals surface area contributed by atoms with Crippen LogP contribution in [0.25, 0.3) is 0 Å². The summed E-state index contributed by atoms with van der Waals surface area (Å²) in [6, 6.07) is 8.72. The van der Waals surface area contributed by atoms with Crippen LogP contribution in [0.2, 0.25) is 0 Å². The van der Waals surface area contributed by atoms with Crippen molar-refractivity contribution in [1.82, 2.24) is 4.90 Å². The van der Waals surface area contributed by atoms with Gasteiger partial charge in [-0.05, 0) is 56.3 Å². The van der Waals surface area contributed by atoms with Crippen molar-refractivity contribution in [2.24, 2.45) is 0 Å². The molecule has 1 aliphatic carbocycles. The molecule has 2 atom stereocenters. The number of rotatable bonds is 7. The predicted octanol–water partition coefficient (Wildman–Crippen LogP) is 4.50. The summed E-state index contributed by atoms with van der Waals surface area (Å²) in [7, 11) is 0. The molecule has 21 heavy (non-hydrogen) atoms. The Morgan fingerprint density at radius 2 is 1.71 bits per heavy atom. The van der Waals surface area contributed by atoms with E-state index in [1.165, 1.54) is 24.8 Å².